The molecule has 8 nitrogen and oxygen atoms in total. The van der Waals surface area contributed by atoms with E-state index in [9.17, 15) is 14.9 Å². The van der Waals surface area contributed by atoms with Crippen LogP contribution < -0.4 is 5.32 Å². The van der Waals surface area contributed by atoms with Gasteiger partial charge in [0.1, 0.15) is 17.9 Å². The average molecular weight is 414 g/mol. The molecule has 1 aromatic heterocycles. The molecule has 162 valence electrons. The Morgan fingerprint density at radius 1 is 1.17 bits per heavy atom. The third kappa shape index (κ3) is 5.44. The third-order valence-electron chi connectivity index (χ3n) is 5.68. The predicted octanol–water partition coefficient (Wildman–Crippen LogP) is 3.20. The van der Waals surface area contributed by atoms with Gasteiger partial charge in [-0.3, -0.25) is 24.5 Å². The number of hydrogen-bond donors (Lipinski definition) is 1. The molecule has 0 spiro atoms. The minimum atomic E-state index is -0.459. The van der Waals surface area contributed by atoms with E-state index >= 15 is 0 Å². The normalized spacial score (nSPS) is 19.6. The summed E-state index contributed by atoms with van der Waals surface area (Å²) in [4.78, 5) is 25.4. The molecule has 1 saturated heterocycles. The zero-order chi connectivity index (χ0) is 21.8. The van der Waals surface area contributed by atoms with Gasteiger partial charge in [-0.15, -0.1) is 0 Å². The number of nitro groups is 1. The van der Waals surface area contributed by atoms with Crippen molar-refractivity contribution in [1.82, 2.24) is 20.0 Å². The molecule has 1 amide bonds. The highest BCUT2D eigenvalue weighted by molar-refractivity contribution is 5.75. The van der Waals surface area contributed by atoms with E-state index in [2.05, 4.69) is 41.3 Å². The monoisotopic (exact) mass is 413 g/mol. The van der Waals surface area contributed by atoms with Gasteiger partial charge in [0, 0.05) is 26.2 Å². The first-order valence-corrected chi connectivity index (χ1v) is 10.5. The lowest BCUT2D eigenvalue weighted by Crippen LogP contribution is -2.38. The van der Waals surface area contributed by atoms with Gasteiger partial charge >= 0.3 is 5.69 Å². The summed E-state index contributed by atoms with van der Waals surface area (Å²) in [6.07, 6.45) is 1.31. The van der Waals surface area contributed by atoms with E-state index in [1.807, 2.05) is 12.1 Å². The number of hydrogen-bond acceptors (Lipinski definition) is 5. The number of piperidine rings is 1. The molecule has 1 aliphatic rings. The Morgan fingerprint density at radius 2 is 1.77 bits per heavy atom. The Morgan fingerprint density at radius 3 is 2.33 bits per heavy atom. The highest BCUT2D eigenvalue weighted by atomic mass is 16.6. The minimum absolute atomic E-state index is 0.0316. The number of amides is 1. The molecule has 1 N–H and O–H groups in total. The molecule has 30 heavy (non-hydrogen) atoms. The van der Waals surface area contributed by atoms with Gasteiger partial charge in [0.25, 0.3) is 0 Å². The number of aromatic nitrogens is 2. The summed E-state index contributed by atoms with van der Waals surface area (Å²) in [6.45, 7) is 11.4. The van der Waals surface area contributed by atoms with Gasteiger partial charge < -0.3 is 5.32 Å². The molecule has 0 radical (unpaired) electrons. The zero-order valence-corrected chi connectivity index (χ0v) is 18.2. The van der Waals surface area contributed by atoms with E-state index in [1.54, 1.807) is 13.8 Å². The van der Waals surface area contributed by atoms with Crippen molar-refractivity contribution in [1.29, 1.82) is 0 Å². The van der Waals surface area contributed by atoms with E-state index in [0.29, 0.717) is 17.9 Å². The fraction of sp³-hybridized carbons (Fsp3) is 0.545. The first kappa shape index (κ1) is 22.0. The van der Waals surface area contributed by atoms with Crippen LogP contribution in [-0.4, -0.2) is 38.6 Å². The molecule has 2 aromatic rings. The number of carbonyl (C=O) groups is 1. The van der Waals surface area contributed by atoms with Crippen molar-refractivity contribution in [3.05, 3.63) is 56.9 Å². The Hall–Kier alpha value is -2.74. The van der Waals surface area contributed by atoms with Crippen LogP contribution in [0.5, 0.6) is 0 Å². The molecule has 1 aliphatic heterocycles. The smallest absolute Gasteiger partial charge is 0.312 e. The number of likely N-dealkylation sites (tertiary alicyclic amines) is 1. The summed E-state index contributed by atoms with van der Waals surface area (Å²) in [7, 11) is 0. The summed E-state index contributed by atoms with van der Waals surface area (Å²) in [5, 5.41) is 18.1. The lowest BCUT2D eigenvalue weighted by atomic mass is 9.91. The van der Waals surface area contributed by atoms with Crippen LogP contribution in [0, 0.1) is 35.8 Å². The largest absolute Gasteiger partial charge is 0.350 e. The Balaban J connectivity index is 1.51. The first-order chi connectivity index (χ1) is 14.2. The number of carbonyl (C=O) groups excluding carboxylic acids is 1. The maximum absolute atomic E-state index is 12.3. The number of aryl methyl sites for hydroxylation is 1. The van der Waals surface area contributed by atoms with Gasteiger partial charge in [-0.1, -0.05) is 38.1 Å². The Kier molecular flexibility index (Phi) is 6.87. The predicted molar refractivity (Wildman–Crippen MR) is 115 cm³/mol. The lowest BCUT2D eigenvalue weighted by molar-refractivity contribution is -0.386. The topological polar surface area (TPSA) is 93.3 Å². The molecule has 2 heterocycles. The second kappa shape index (κ2) is 9.38. The van der Waals surface area contributed by atoms with Crippen molar-refractivity contribution >= 4 is 11.6 Å². The molecule has 1 fully saturated rings. The number of nitrogens with one attached hydrogen (secondary N) is 1. The van der Waals surface area contributed by atoms with Gasteiger partial charge in [-0.2, -0.15) is 5.10 Å². The van der Waals surface area contributed by atoms with Gasteiger partial charge in [-0.25, -0.2) is 0 Å². The van der Waals surface area contributed by atoms with E-state index in [4.69, 9.17) is 0 Å². The van der Waals surface area contributed by atoms with Crippen molar-refractivity contribution in [3.8, 4) is 0 Å². The van der Waals surface area contributed by atoms with Gasteiger partial charge in [0.15, 0.2) is 0 Å². The quantitative estimate of drug-likeness (QED) is 0.556. The van der Waals surface area contributed by atoms with E-state index in [1.165, 1.54) is 16.7 Å². The molecule has 8 heteroatoms. The lowest BCUT2D eigenvalue weighted by Gasteiger charge is -2.35. The Bertz CT molecular complexity index is 896. The molecule has 0 saturated carbocycles. The highest BCUT2D eigenvalue weighted by Gasteiger charge is 2.23. The summed E-state index contributed by atoms with van der Waals surface area (Å²) in [6, 6.07) is 8.33. The van der Waals surface area contributed by atoms with Gasteiger partial charge in [-0.05, 0) is 43.2 Å². The standard InChI is InChI=1S/C22H31N5O3/c1-15-9-16(2)12-25(11-15)13-20-7-5-19(6-8-20)10-23-21(28)14-26-18(4)22(27(29)30)17(3)24-26/h5-8,15-16H,9-14H2,1-4H3,(H,23,28). The molecular formula is C22H31N5O3. The molecule has 2 atom stereocenters. The minimum Gasteiger partial charge on any atom is -0.350 e. The molecule has 2 unspecified atom stereocenters. The van der Waals surface area contributed by atoms with Crippen LogP contribution in [0.15, 0.2) is 24.3 Å². The van der Waals surface area contributed by atoms with Crippen LogP contribution >= 0.6 is 0 Å². The number of benzene rings is 1. The van der Waals surface area contributed by atoms with Gasteiger partial charge in [0.05, 0.1) is 4.92 Å². The molecule has 0 aliphatic carbocycles. The second-order valence-corrected chi connectivity index (χ2v) is 8.67. The van der Waals surface area contributed by atoms with E-state index in [-0.39, 0.29) is 18.1 Å². The summed E-state index contributed by atoms with van der Waals surface area (Å²) >= 11 is 0. The van der Waals surface area contributed by atoms with Crippen LogP contribution in [0.4, 0.5) is 5.69 Å². The van der Waals surface area contributed by atoms with Gasteiger partial charge in [0.2, 0.25) is 5.91 Å². The highest BCUT2D eigenvalue weighted by Crippen LogP contribution is 2.23. The molecular weight excluding hydrogens is 382 g/mol. The maximum atomic E-state index is 12.3. The summed E-state index contributed by atoms with van der Waals surface area (Å²) in [5.41, 5.74) is 2.97. The fourth-order valence-corrected chi connectivity index (χ4v) is 4.44. The second-order valence-electron chi connectivity index (χ2n) is 8.67. The zero-order valence-electron chi connectivity index (χ0n) is 18.2. The average Bonchev–Trinajstić information content (AvgIpc) is 2.93. The summed E-state index contributed by atoms with van der Waals surface area (Å²) < 4.78 is 1.38. The maximum Gasteiger partial charge on any atom is 0.312 e. The van der Waals surface area contributed by atoms with Crippen molar-refractivity contribution in [2.45, 2.75) is 53.8 Å². The summed E-state index contributed by atoms with van der Waals surface area (Å²) in [5.74, 6) is 1.26. The molecule has 1 aromatic carbocycles. The molecule has 3 rings (SSSR count). The SMILES string of the molecule is Cc1nn(CC(=O)NCc2ccc(CN3CC(C)CC(C)C3)cc2)c(C)c1[N+](=O)[O-]. The molecule has 0 bridgehead atoms. The van der Waals surface area contributed by atoms with Crippen LogP contribution in [0.3, 0.4) is 0 Å². The van der Waals surface area contributed by atoms with Crippen LogP contribution in [0.1, 0.15) is 42.8 Å². The van der Waals surface area contributed by atoms with Crippen LogP contribution in [-0.2, 0) is 24.4 Å². The van der Waals surface area contributed by atoms with E-state index in [0.717, 1.165) is 37.0 Å². The third-order valence-corrected chi connectivity index (χ3v) is 5.68. The first-order valence-electron chi connectivity index (χ1n) is 10.5. The Labute approximate surface area is 177 Å². The van der Waals surface area contributed by atoms with Crippen molar-refractivity contribution in [3.63, 3.8) is 0 Å². The van der Waals surface area contributed by atoms with Crippen LogP contribution in [0.25, 0.3) is 0 Å². The van der Waals surface area contributed by atoms with E-state index < -0.39 is 4.92 Å². The van der Waals surface area contributed by atoms with Crippen molar-refractivity contribution < 1.29 is 9.72 Å². The fourth-order valence-electron chi connectivity index (χ4n) is 4.44. The number of nitrogens with zero attached hydrogens (tertiary/aromatic N) is 4. The number of rotatable bonds is 7. The van der Waals surface area contributed by atoms with Crippen molar-refractivity contribution in [2.75, 3.05) is 13.1 Å². The van der Waals surface area contributed by atoms with Crippen molar-refractivity contribution in [2.24, 2.45) is 11.8 Å². The van der Waals surface area contributed by atoms with Crippen LogP contribution in [0.2, 0.25) is 0 Å².